The van der Waals surface area contributed by atoms with Crippen molar-refractivity contribution in [3.8, 4) is 0 Å². The molecule has 0 bridgehead atoms. The normalized spacial score (nSPS) is 11.6. The van der Waals surface area contributed by atoms with Crippen molar-refractivity contribution in [1.29, 1.82) is 0 Å². The maximum absolute atomic E-state index is 4.57. The van der Waals surface area contributed by atoms with Gasteiger partial charge < -0.3 is 10.6 Å². The molecule has 0 aliphatic rings. The predicted octanol–water partition coefficient (Wildman–Crippen LogP) is 4.44. The van der Waals surface area contributed by atoms with E-state index in [9.17, 15) is 0 Å². The van der Waals surface area contributed by atoms with E-state index in [2.05, 4.69) is 58.7 Å². The Balaban J connectivity index is 0.00000261. The van der Waals surface area contributed by atoms with E-state index >= 15 is 0 Å². The predicted molar refractivity (Wildman–Crippen MR) is 126 cm³/mol. The first-order valence-electron chi connectivity index (χ1n) is 9.10. The molecule has 146 valence electrons. The van der Waals surface area contributed by atoms with Crippen LogP contribution in [-0.4, -0.2) is 28.9 Å². The van der Waals surface area contributed by atoms with E-state index in [0.29, 0.717) is 12.5 Å². The number of guanidine groups is 1. The second-order valence-electron chi connectivity index (χ2n) is 6.68. The minimum atomic E-state index is 0. The van der Waals surface area contributed by atoms with E-state index in [1.165, 1.54) is 11.1 Å². The molecule has 3 rings (SSSR count). The molecule has 0 aliphatic carbocycles. The van der Waals surface area contributed by atoms with Crippen LogP contribution in [0.4, 0.5) is 0 Å². The summed E-state index contributed by atoms with van der Waals surface area (Å²) in [5, 5.41) is 8.73. The number of hydrogen-bond acceptors (Lipinski definition) is 3. The monoisotopic (exact) mass is 497 g/mol. The quantitative estimate of drug-likeness (QED) is 0.220. The van der Waals surface area contributed by atoms with Gasteiger partial charge >= 0.3 is 0 Å². The molecule has 1 aromatic carbocycles. The second kappa shape index (κ2) is 10.7. The van der Waals surface area contributed by atoms with E-state index in [0.717, 1.165) is 36.0 Å². The highest BCUT2D eigenvalue weighted by Crippen LogP contribution is 2.15. The zero-order valence-corrected chi connectivity index (χ0v) is 19.3. The highest BCUT2D eigenvalue weighted by Gasteiger charge is 2.04. The third-order valence-electron chi connectivity index (χ3n) is 4.38. The molecule has 3 aromatic rings. The zero-order chi connectivity index (χ0) is 18.4. The summed E-state index contributed by atoms with van der Waals surface area (Å²) < 4.78 is 2.04. The van der Waals surface area contributed by atoms with Crippen molar-refractivity contribution in [1.82, 2.24) is 20.0 Å². The van der Waals surface area contributed by atoms with Crippen LogP contribution in [0.5, 0.6) is 0 Å². The number of hydrogen-bond donors (Lipinski definition) is 2. The number of nitrogens with zero attached hydrogens (tertiary/aromatic N) is 3. The maximum atomic E-state index is 4.57. The molecular formula is C20H28IN5S. The molecule has 0 radical (unpaired) electrons. The molecule has 27 heavy (non-hydrogen) atoms. The summed E-state index contributed by atoms with van der Waals surface area (Å²) in [6, 6.07) is 8.97. The number of nitrogens with one attached hydrogen (secondary N) is 2. The number of halogens is 1. The van der Waals surface area contributed by atoms with Crippen LogP contribution in [0.15, 0.2) is 47.0 Å². The van der Waals surface area contributed by atoms with Gasteiger partial charge in [0.05, 0.1) is 12.2 Å². The third kappa shape index (κ3) is 6.21. The molecule has 7 heteroatoms. The summed E-state index contributed by atoms with van der Waals surface area (Å²) in [7, 11) is 1.80. The van der Waals surface area contributed by atoms with E-state index in [4.69, 9.17) is 0 Å². The van der Waals surface area contributed by atoms with Gasteiger partial charge in [-0.1, -0.05) is 38.1 Å². The lowest BCUT2D eigenvalue weighted by molar-refractivity contribution is 0.738. The van der Waals surface area contributed by atoms with Crippen LogP contribution in [0.25, 0.3) is 4.96 Å². The smallest absolute Gasteiger partial charge is 0.193 e. The van der Waals surface area contributed by atoms with Crippen molar-refractivity contribution in [2.75, 3.05) is 13.6 Å². The van der Waals surface area contributed by atoms with Gasteiger partial charge in [0.1, 0.15) is 0 Å². The average Bonchev–Trinajstić information content (AvgIpc) is 3.23. The lowest BCUT2D eigenvalue weighted by Gasteiger charge is -2.11. The third-order valence-corrected chi connectivity index (χ3v) is 5.16. The number of aryl methyl sites for hydroxylation is 1. The van der Waals surface area contributed by atoms with Gasteiger partial charge in [-0.15, -0.1) is 35.3 Å². The van der Waals surface area contributed by atoms with Crippen LogP contribution >= 0.6 is 35.3 Å². The Morgan fingerprint density at radius 3 is 2.67 bits per heavy atom. The molecule has 0 fully saturated rings. The standard InChI is InChI=1S/C20H27N5S.HI/c1-15(2)17-8-6-16(7-9-17)5-4-10-22-19(21-3)23-13-18-14-25-11-12-26-20(25)24-18;/h6-9,11-12,14-15H,4-5,10,13H2,1-3H3,(H2,21,22,23);1H. The van der Waals surface area contributed by atoms with Gasteiger partial charge in [-0.05, 0) is 29.9 Å². The number of thiazole rings is 1. The van der Waals surface area contributed by atoms with Crippen LogP contribution in [-0.2, 0) is 13.0 Å². The molecular weight excluding hydrogens is 469 g/mol. The van der Waals surface area contributed by atoms with E-state index in [1.807, 2.05) is 22.2 Å². The number of aliphatic imine (C=N–C) groups is 1. The molecule has 2 N–H and O–H groups in total. The lowest BCUT2D eigenvalue weighted by Crippen LogP contribution is -2.37. The van der Waals surface area contributed by atoms with Crippen molar-refractivity contribution in [3.05, 3.63) is 58.9 Å². The second-order valence-corrected chi connectivity index (χ2v) is 7.55. The molecule has 0 amide bonds. The molecule has 0 unspecified atom stereocenters. The Morgan fingerprint density at radius 1 is 1.22 bits per heavy atom. The highest BCUT2D eigenvalue weighted by atomic mass is 127. The number of imidazole rings is 1. The van der Waals surface area contributed by atoms with Gasteiger partial charge in [0, 0.05) is 31.4 Å². The highest BCUT2D eigenvalue weighted by molar-refractivity contribution is 14.0. The fourth-order valence-electron chi connectivity index (χ4n) is 2.82. The van der Waals surface area contributed by atoms with Crippen molar-refractivity contribution in [2.45, 2.75) is 39.2 Å². The zero-order valence-electron chi connectivity index (χ0n) is 16.1. The Hall–Kier alpha value is -1.61. The summed E-state index contributed by atoms with van der Waals surface area (Å²) in [6.07, 6.45) is 6.21. The van der Waals surface area contributed by atoms with Crippen LogP contribution in [0.1, 0.15) is 43.0 Å². The Kier molecular flexibility index (Phi) is 8.56. The minimum absolute atomic E-state index is 0. The van der Waals surface area contributed by atoms with Gasteiger partial charge in [0.15, 0.2) is 10.9 Å². The maximum Gasteiger partial charge on any atom is 0.193 e. The van der Waals surface area contributed by atoms with E-state index in [1.54, 1.807) is 18.4 Å². The lowest BCUT2D eigenvalue weighted by atomic mass is 10.0. The topological polar surface area (TPSA) is 53.7 Å². The van der Waals surface area contributed by atoms with Crippen molar-refractivity contribution in [3.63, 3.8) is 0 Å². The summed E-state index contributed by atoms with van der Waals surface area (Å²) in [4.78, 5) is 9.87. The first-order chi connectivity index (χ1) is 12.7. The first kappa shape index (κ1) is 21.7. The molecule has 0 saturated carbocycles. The summed E-state index contributed by atoms with van der Waals surface area (Å²) in [5.74, 6) is 1.41. The molecule has 0 aliphatic heterocycles. The molecule has 0 spiro atoms. The SMILES string of the molecule is CN=C(NCCCc1ccc(C(C)C)cc1)NCc1cn2ccsc2n1.I. The Morgan fingerprint density at radius 2 is 2.00 bits per heavy atom. The van der Waals surface area contributed by atoms with Gasteiger partial charge in [-0.3, -0.25) is 9.39 Å². The molecule has 0 atom stereocenters. The molecule has 2 aromatic heterocycles. The van der Waals surface area contributed by atoms with Crippen molar-refractivity contribution in [2.24, 2.45) is 4.99 Å². The van der Waals surface area contributed by atoms with Crippen LogP contribution in [0.3, 0.4) is 0 Å². The van der Waals surface area contributed by atoms with Crippen molar-refractivity contribution < 1.29 is 0 Å². The van der Waals surface area contributed by atoms with Gasteiger partial charge in [-0.2, -0.15) is 0 Å². The summed E-state index contributed by atoms with van der Waals surface area (Å²) >= 11 is 1.64. The van der Waals surface area contributed by atoms with E-state index in [-0.39, 0.29) is 24.0 Å². The molecule has 5 nitrogen and oxygen atoms in total. The van der Waals surface area contributed by atoms with Gasteiger partial charge in [-0.25, -0.2) is 4.98 Å². The molecule has 0 saturated heterocycles. The van der Waals surface area contributed by atoms with Gasteiger partial charge in [0.2, 0.25) is 0 Å². The minimum Gasteiger partial charge on any atom is -0.356 e. The fourth-order valence-corrected chi connectivity index (χ4v) is 3.54. The number of benzene rings is 1. The number of fused-ring (bicyclic) bond motifs is 1. The molecule has 2 heterocycles. The number of rotatable bonds is 7. The summed E-state index contributed by atoms with van der Waals surface area (Å²) in [5.41, 5.74) is 3.80. The van der Waals surface area contributed by atoms with Crippen molar-refractivity contribution >= 4 is 46.2 Å². The largest absolute Gasteiger partial charge is 0.356 e. The summed E-state index contributed by atoms with van der Waals surface area (Å²) in [6.45, 7) is 6.02. The average molecular weight is 497 g/mol. The first-order valence-corrected chi connectivity index (χ1v) is 9.98. The Bertz CT molecular complexity index is 822. The van der Waals surface area contributed by atoms with Crippen LogP contribution < -0.4 is 10.6 Å². The van der Waals surface area contributed by atoms with E-state index < -0.39 is 0 Å². The van der Waals surface area contributed by atoms with Crippen LogP contribution in [0.2, 0.25) is 0 Å². The van der Waals surface area contributed by atoms with Crippen LogP contribution in [0, 0.1) is 0 Å². The van der Waals surface area contributed by atoms with Gasteiger partial charge in [0.25, 0.3) is 0 Å². The fraction of sp³-hybridized carbons (Fsp3) is 0.400. The number of aromatic nitrogens is 2. The Labute approximate surface area is 182 Å².